The van der Waals surface area contributed by atoms with Crippen molar-refractivity contribution < 1.29 is 14.0 Å². The van der Waals surface area contributed by atoms with Gasteiger partial charge in [0.05, 0.1) is 0 Å². The van der Waals surface area contributed by atoms with Crippen molar-refractivity contribution in [2.45, 2.75) is 12.8 Å². The van der Waals surface area contributed by atoms with Crippen LogP contribution < -0.4 is 0 Å². The number of nitrogens with zero attached hydrogens (tertiary/aromatic N) is 1. The van der Waals surface area contributed by atoms with Crippen molar-refractivity contribution >= 4 is 23.4 Å². The van der Waals surface area contributed by atoms with Crippen LogP contribution >= 0.6 is 11.6 Å². The first kappa shape index (κ1) is 9.27. The number of hydrogen-bond acceptors (Lipinski definition) is 3. The van der Waals surface area contributed by atoms with Crippen LogP contribution in [0.2, 0.25) is 5.22 Å². The van der Waals surface area contributed by atoms with Crippen molar-refractivity contribution in [1.29, 1.82) is 0 Å². The van der Waals surface area contributed by atoms with Crippen LogP contribution in [0, 0.1) is 0 Å². The Morgan fingerprint density at radius 3 is 2.79 bits per heavy atom. The molecular weight excluding hydrogens is 206 g/mol. The molecule has 0 bridgehead atoms. The molecule has 1 saturated heterocycles. The number of amides is 2. The van der Waals surface area contributed by atoms with E-state index in [0.29, 0.717) is 13.0 Å². The zero-order chi connectivity index (χ0) is 10.1. The molecule has 74 valence electrons. The Balaban J connectivity index is 2.19. The minimum atomic E-state index is -0.403. The number of halogens is 1. The fraction of sp³-hybridized carbons (Fsp3) is 0.333. The number of hydrogen-bond donors (Lipinski definition) is 0. The predicted molar refractivity (Wildman–Crippen MR) is 49.0 cm³/mol. The summed E-state index contributed by atoms with van der Waals surface area (Å²) in [4.78, 5) is 24.0. The van der Waals surface area contributed by atoms with Gasteiger partial charge in [-0.15, -0.1) is 0 Å². The van der Waals surface area contributed by atoms with Gasteiger partial charge < -0.3 is 4.42 Å². The molecule has 0 unspecified atom stereocenters. The lowest BCUT2D eigenvalue weighted by Crippen LogP contribution is -2.31. The number of carbonyl (C=O) groups is 2. The first-order valence-electron chi connectivity index (χ1n) is 4.28. The molecule has 14 heavy (non-hydrogen) atoms. The maximum atomic E-state index is 11.6. The van der Waals surface area contributed by atoms with Crippen molar-refractivity contribution in [3.05, 3.63) is 23.1 Å². The minimum Gasteiger partial charge on any atom is -0.440 e. The summed E-state index contributed by atoms with van der Waals surface area (Å²) in [7, 11) is 0. The van der Waals surface area contributed by atoms with Gasteiger partial charge in [0.1, 0.15) is 0 Å². The summed E-state index contributed by atoms with van der Waals surface area (Å²) in [6, 6.07) is 2.95. The maximum absolute atomic E-state index is 11.6. The highest BCUT2D eigenvalue weighted by atomic mass is 35.5. The standard InChI is InChI=1S/C9H8ClNO3/c10-7-4-3-6(14-7)9(13)11-5-1-2-8(11)12/h3-4H,1-2,5H2. The van der Waals surface area contributed by atoms with Gasteiger partial charge in [-0.3, -0.25) is 14.5 Å². The third-order valence-corrected chi connectivity index (χ3v) is 2.31. The molecule has 0 N–H and O–H groups in total. The third-order valence-electron chi connectivity index (χ3n) is 2.10. The summed E-state index contributed by atoms with van der Waals surface area (Å²) in [6.45, 7) is 0.468. The SMILES string of the molecule is O=C1CCCN1C(=O)c1ccc(Cl)o1. The molecule has 1 aromatic rings. The Bertz CT molecular complexity index is 385. The van der Waals surface area contributed by atoms with Gasteiger partial charge in [0.2, 0.25) is 5.91 Å². The first-order chi connectivity index (χ1) is 6.68. The number of furan rings is 1. The maximum Gasteiger partial charge on any atom is 0.296 e. The number of carbonyl (C=O) groups excluding carboxylic acids is 2. The first-order valence-corrected chi connectivity index (χ1v) is 4.66. The Morgan fingerprint density at radius 1 is 1.50 bits per heavy atom. The van der Waals surface area contributed by atoms with E-state index >= 15 is 0 Å². The van der Waals surface area contributed by atoms with Gasteiger partial charge >= 0.3 is 0 Å². The Morgan fingerprint density at radius 2 is 2.29 bits per heavy atom. The summed E-state index contributed by atoms with van der Waals surface area (Å²) in [5.41, 5.74) is 0. The largest absolute Gasteiger partial charge is 0.440 e. The molecular formula is C9H8ClNO3. The number of likely N-dealkylation sites (tertiary alicyclic amines) is 1. The van der Waals surface area contributed by atoms with Crippen LogP contribution in [0.4, 0.5) is 0 Å². The molecule has 1 fully saturated rings. The van der Waals surface area contributed by atoms with Gasteiger partial charge in [0.25, 0.3) is 5.91 Å². The molecule has 0 aliphatic carbocycles. The average molecular weight is 214 g/mol. The smallest absolute Gasteiger partial charge is 0.296 e. The highest BCUT2D eigenvalue weighted by Crippen LogP contribution is 2.18. The predicted octanol–water partition coefficient (Wildman–Crippen LogP) is 1.70. The highest BCUT2D eigenvalue weighted by molar-refractivity contribution is 6.29. The lowest BCUT2D eigenvalue weighted by Gasteiger charge is -2.10. The average Bonchev–Trinajstić information content (AvgIpc) is 2.73. The summed E-state index contributed by atoms with van der Waals surface area (Å²) >= 11 is 5.53. The van der Waals surface area contributed by atoms with E-state index < -0.39 is 5.91 Å². The van der Waals surface area contributed by atoms with Crippen LogP contribution in [0.1, 0.15) is 23.4 Å². The zero-order valence-corrected chi connectivity index (χ0v) is 8.08. The second-order valence-corrected chi connectivity index (χ2v) is 3.43. The second-order valence-electron chi connectivity index (χ2n) is 3.06. The quantitative estimate of drug-likeness (QED) is 0.667. The van der Waals surface area contributed by atoms with Gasteiger partial charge in [-0.05, 0) is 30.2 Å². The van der Waals surface area contributed by atoms with Crippen molar-refractivity contribution in [3.63, 3.8) is 0 Å². The molecule has 2 amide bonds. The van der Waals surface area contributed by atoms with E-state index in [1.54, 1.807) is 0 Å². The van der Waals surface area contributed by atoms with Crippen molar-refractivity contribution in [1.82, 2.24) is 4.90 Å². The van der Waals surface area contributed by atoms with E-state index in [1.165, 1.54) is 17.0 Å². The van der Waals surface area contributed by atoms with Gasteiger partial charge in [-0.1, -0.05) is 0 Å². The summed E-state index contributed by atoms with van der Waals surface area (Å²) in [6.07, 6.45) is 1.15. The lowest BCUT2D eigenvalue weighted by molar-refractivity contribution is -0.125. The molecule has 5 heteroatoms. The fourth-order valence-electron chi connectivity index (χ4n) is 1.43. The molecule has 0 atom stereocenters. The van der Waals surface area contributed by atoms with Crippen LogP contribution in [0.3, 0.4) is 0 Å². The monoisotopic (exact) mass is 213 g/mol. The molecule has 0 radical (unpaired) electrons. The molecule has 2 rings (SSSR count). The van der Waals surface area contributed by atoms with Crippen LogP contribution in [-0.4, -0.2) is 23.3 Å². The Labute approximate surface area is 85.4 Å². The molecule has 1 aliphatic heterocycles. The van der Waals surface area contributed by atoms with Crippen molar-refractivity contribution in [3.8, 4) is 0 Å². The van der Waals surface area contributed by atoms with Crippen LogP contribution in [0.5, 0.6) is 0 Å². The molecule has 0 aromatic carbocycles. The topological polar surface area (TPSA) is 50.5 Å². The molecule has 2 heterocycles. The normalized spacial score (nSPS) is 16.4. The molecule has 1 aromatic heterocycles. The zero-order valence-electron chi connectivity index (χ0n) is 7.33. The molecule has 0 spiro atoms. The lowest BCUT2D eigenvalue weighted by atomic mass is 10.4. The minimum absolute atomic E-state index is 0.116. The highest BCUT2D eigenvalue weighted by Gasteiger charge is 2.28. The number of imide groups is 1. The van der Waals surface area contributed by atoms with Crippen molar-refractivity contribution in [2.24, 2.45) is 0 Å². The van der Waals surface area contributed by atoms with E-state index in [9.17, 15) is 9.59 Å². The van der Waals surface area contributed by atoms with Crippen molar-refractivity contribution in [2.75, 3.05) is 6.54 Å². The molecule has 1 aliphatic rings. The summed E-state index contributed by atoms with van der Waals surface area (Å²) < 4.78 is 4.93. The summed E-state index contributed by atoms with van der Waals surface area (Å²) in [5, 5.41) is 0.153. The van der Waals surface area contributed by atoms with Gasteiger partial charge in [0, 0.05) is 13.0 Å². The molecule has 4 nitrogen and oxygen atoms in total. The van der Waals surface area contributed by atoms with Crippen LogP contribution in [0.15, 0.2) is 16.5 Å². The van der Waals surface area contributed by atoms with Gasteiger partial charge in [0.15, 0.2) is 11.0 Å². The van der Waals surface area contributed by atoms with E-state index in [1.807, 2.05) is 0 Å². The number of rotatable bonds is 1. The Kier molecular flexibility index (Phi) is 2.29. The van der Waals surface area contributed by atoms with Crippen LogP contribution in [0.25, 0.3) is 0 Å². The van der Waals surface area contributed by atoms with E-state index in [2.05, 4.69) is 0 Å². The third kappa shape index (κ3) is 1.53. The summed E-state index contributed by atoms with van der Waals surface area (Å²) in [5.74, 6) is -0.438. The van der Waals surface area contributed by atoms with E-state index in [-0.39, 0.29) is 16.9 Å². The van der Waals surface area contributed by atoms with Crippen LogP contribution in [-0.2, 0) is 4.79 Å². The second kappa shape index (κ2) is 3.46. The van der Waals surface area contributed by atoms with Gasteiger partial charge in [-0.25, -0.2) is 0 Å². The fourth-order valence-corrected chi connectivity index (χ4v) is 1.57. The van der Waals surface area contributed by atoms with E-state index in [0.717, 1.165) is 6.42 Å². The van der Waals surface area contributed by atoms with E-state index in [4.69, 9.17) is 16.0 Å². The van der Waals surface area contributed by atoms with Gasteiger partial charge in [-0.2, -0.15) is 0 Å². The Hall–Kier alpha value is -1.29. The molecule has 0 saturated carbocycles.